The number of rotatable bonds is 9. The number of nitrogens with zero attached hydrogens (tertiary/aromatic N) is 1. The lowest BCUT2D eigenvalue weighted by molar-refractivity contribution is 0.0763. The van der Waals surface area contributed by atoms with Gasteiger partial charge in [0.1, 0.15) is 0 Å². The van der Waals surface area contributed by atoms with Gasteiger partial charge in [-0.3, -0.25) is 4.90 Å². The molecule has 1 saturated carbocycles. The molecule has 0 spiro atoms. The molecule has 0 saturated heterocycles. The van der Waals surface area contributed by atoms with Crippen LogP contribution in [0.4, 0.5) is 0 Å². The van der Waals surface area contributed by atoms with E-state index in [0.29, 0.717) is 5.54 Å². The predicted molar refractivity (Wildman–Crippen MR) is 73.2 cm³/mol. The van der Waals surface area contributed by atoms with Crippen LogP contribution in [0.3, 0.4) is 0 Å². The second-order valence-electron chi connectivity index (χ2n) is 5.17. The van der Waals surface area contributed by atoms with Crippen molar-refractivity contribution < 1.29 is 4.74 Å². The van der Waals surface area contributed by atoms with E-state index in [2.05, 4.69) is 18.7 Å². The van der Waals surface area contributed by atoms with Crippen LogP contribution in [0.25, 0.3) is 0 Å². The van der Waals surface area contributed by atoms with Crippen molar-refractivity contribution >= 4 is 0 Å². The van der Waals surface area contributed by atoms with Gasteiger partial charge < -0.3 is 10.5 Å². The zero-order chi connectivity index (χ0) is 12.6. The van der Waals surface area contributed by atoms with E-state index >= 15 is 0 Å². The molecule has 1 fully saturated rings. The molecule has 17 heavy (non-hydrogen) atoms. The normalized spacial score (nSPS) is 19.1. The van der Waals surface area contributed by atoms with Gasteiger partial charge in [-0.15, -0.1) is 0 Å². The van der Waals surface area contributed by atoms with E-state index in [1.165, 1.54) is 38.6 Å². The Bertz CT molecular complexity index is 191. The Kier molecular flexibility index (Phi) is 7.09. The summed E-state index contributed by atoms with van der Waals surface area (Å²) in [6, 6.07) is 0. The van der Waals surface area contributed by atoms with Crippen molar-refractivity contribution in [3.05, 3.63) is 0 Å². The van der Waals surface area contributed by atoms with E-state index in [4.69, 9.17) is 10.5 Å². The summed E-state index contributed by atoms with van der Waals surface area (Å²) in [5, 5.41) is 0. The molecule has 0 aromatic heterocycles. The van der Waals surface area contributed by atoms with Crippen molar-refractivity contribution in [2.24, 2.45) is 5.73 Å². The molecule has 2 N–H and O–H groups in total. The Hall–Kier alpha value is -0.120. The van der Waals surface area contributed by atoms with Crippen LogP contribution < -0.4 is 5.73 Å². The molecule has 3 nitrogen and oxygen atoms in total. The summed E-state index contributed by atoms with van der Waals surface area (Å²) in [4.78, 5) is 2.64. The third kappa shape index (κ3) is 4.23. The van der Waals surface area contributed by atoms with Gasteiger partial charge in [0, 0.05) is 31.8 Å². The summed E-state index contributed by atoms with van der Waals surface area (Å²) in [5.41, 5.74) is 6.37. The molecule has 0 aromatic rings. The SMILES string of the molecule is CCCN(CCCOCC)C1(CN)CCCC1. The minimum atomic E-state index is 0.308. The molecule has 0 amide bonds. The zero-order valence-electron chi connectivity index (χ0n) is 11.7. The van der Waals surface area contributed by atoms with Crippen LogP contribution in [0.15, 0.2) is 0 Å². The average Bonchev–Trinajstić information content (AvgIpc) is 2.83. The van der Waals surface area contributed by atoms with Gasteiger partial charge >= 0.3 is 0 Å². The molecule has 0 heterocycles. The number of nitrogens with two attached hydrogens (primary N) is 1. The maximum absolute atomic E-state index is 6.06. The van der Waals surface area contributed by atoms with Crippen molar-refractivity contribution in [1.29, 1.82) is 0 Å². The predicted octanol–water partition coefficient (Wildman–Crippen LogP) is 2.40. The van der Waals surface area contributed by atoms with E-state index in [9.17, 15) is 0 Å². The molecular formula is C14H30N2O. The van der Waals surface area contributed by atoms with Crippen LogP contribution in [0.5, 0.6) is 0 Å². The third-order valence-corrected chi connectivity index (χ3v) is 4.00. The van der Waals surface area contributed by atoms with Crippen LogP contribution in [0.2, 0.25) is 0 Å². The summed E-state index contributed by atoms with van der Waals surface area (Å²) in [7, 11) is 0. The van der Waals surface area contributed by atoms with Gasteiger partial charge in [0.25, 0.3) is 0 Å². The summed E-state index contributed by atoms with van der Waals surface area (Å²) >= 11 is 0. The highest BCUT2D eigenvalue weighted by molar-refractivity contribution is 4.95. The largest absolute Gasteiger partial charge is 0.382 e. The van der Waals surface area contributed by atoms with Crippen LogP contribution >= 0.6 is 0 Å². The molecule has 1 aliphatic carbocycles. The second-order valence-corrected chi connectivity index (χ2v) is 5.17. The lowest BCUT2D eigenvalue weighted by atomic mass is 9.94. The topological polar surface area (TPSA) is 38.5 Å². The number of hydrogen-bond donors (Lipinski definition) is 1. The van der Waals surface area contributed by atoms with E-state index < -0.39 is 0 Å². The molecule has 0 aromatic carbocycles. The highest BCUT2D eigenvalue weighted by Crippen LogP contribution is 2.34. The van der Waals surface area contributed by atoms with Gasteiger partial charge in [-0.2, -0.15) is 0 Å². The maximum atomic E-state index is 6.06. The molecule has 3 heteroatoms. The van der Waals surface area contributed by atoms with Crippen molar-refractivity contribution in [2.75, 3.05) is 32.8 Å². The third-order valence-electron chi connectivity index (χ3n) is 4.00. The van der Waals surface area contributed by atoms with Gasteiger partial charge in [-0.1, -0.05) is 19.8 Å². The number of hydrogen-bond acceptors (Lipinski definition) is 3. The Labute approximate surface area is 107 Å². The van der Waals surface area contributed by atoms with Gasteiger partial charge in [0.15, 0.2) is 0 Å². The van der Waals surface area contributed by atoms with E-state index in [-0.39, 0.29) is 0 Å². The highest BCUT2D eigenvalue weighted by Gasteiger charge is 2.37. The molecule has 0 atom stereocenters. The summed E-state index contributed by atoms with van der Waals surface area (Å²) < 4.78 is 5.43. The molecule has 1 aliphatic rings. The fraction of sp³-hybridized carbons (Fsp3) is 1.00. The van der Waals surface area contributed by atoms with Crippen molar-refractivity contribution in [3.8, 4) is 0 Å². The fourth-order valence-electron chi connectivity index (χ4n) is 3.04. The van der Waals surface area contributed by atoms with Gasteiger partial charge in [0.05, 0.1) is 0 Å². The quantitative estimate of drug-likeness (QED) is 0.631. The second kappa shape index (κ2) is 8.06. The van der Waals surface area contributed by atoms with Crippen molar-refractivity contribution in [3.63, 3.8) is 0 Å². The van der Waals surface area contributed by atoms with Gasteiger partial charge in [-0.05, 0) is 39.2 Å². The van der Waals surface area contributed by atoms with Crippen LogP contribution in [0, 0.1) is 0 Å². The Morgan fingerprint density at radius 3 is 2.41 bits per heavy atom. The van der Waals surface area contributed by atoms with Crippen LogP contribution in [-0.4, -0.2) is 43.3 Å². The van der Waals surface area contributed by atoms with Gasteiger partial charge in [-0.25, -0.2) is 0 Å². The molecule has 0 aliphatic heterocycles. The Morgan fingerprint density at radius 1 is 1.18 bits per heavy atom. The maximum Gasteiger partial charge on any atom is 0.0478 e. The Balaban J connectivity index is 2.45. The lowest BCUT2D eigenvalue weighted by Gasteiger charge is -2.40. The number of ether oxygens (including phenoxy) is 1. The van der Waals surface area contributed by atoms with Crippen molar-refractivity contribution in [2.45, 2.75) is 57.9 Å². The molecule has 0 unspecified atom stereocenters. The first-order valence-electron chi connectivity index (χ1n) is 7.32. The average molecular weight is 242 g/mol. The summed E-state index contributed by atoms with van der Waals surface area (Å²) in [6.07, 6.45) is 7.63. The van der Waals surface area contributed by atoms with Crippen molar-refractivity contribution in [1.82, 2.24) is 4.90 Å². The summed E-state index contributed by atoms with van der Waals surface area (Å²) in [6.45, 7) is 9.18. The zero-order valence-corrected chi connectivity index (χ0v) is 11.7. The molecule has 0 radical (unpaired) electrons. The highest BCUT2D eigenvalue weighted by atomic mass is 16.5. The Morgan fingerprint density at radius 2 is 1.88 bits per heavy atom. The smallest absolute Gasteiger partial charge is 0.0478 e. The first kappa shape index (κ1) is 14.9. The van der Waals surface area contributed by atoms with Crippen LogP contribution in [0.1, 0.15) is 52.4 Å². The van der Waals surface area contributed by atoms with E-state index in [0.717, 1.165) is 32.7 Å². The standard InChI is InChI=1S/C14H30N2O/c1-3-10-16(11-7-12-17-4-2)14(13-15)8-5-6-9-14/h3-13,15H2,1-2H3. The van der Waals surface area contributed by atoms with Crippen LogP contribution in [-0.2, 0) is 4.74 Å². The lowest BCUT2D eigenvalue weighted by Crippen LogP contribution is -2.52. The van der Waals surface area contributed by atoms with Gasteiger partial charge in [0.2, 0.25) is 0 Å². The molecule has 1 rings (SSSR count). The van der Waals surface area contributed by atoms with E-state index in [1.54, 1.807) is 0 Å². The first-order chi connectivity index (χ1) is 8.29. The van der Waals surface area contributed by atoms with E-state index in [1.807, 2.05) is 0 Å². The molecular weight excluding hydrogens is 212 g/mol. The minimum Gasteiger partial charge on any atom is -0.382 e. The molecule has 102 valence electrons. The summed E-state index contributed by atoms with van der Waals surface area (Å²) in [5.74, 6) is 0. The fourth-order valence-corrected chi connectivity index (χ4v) is 3.04. The first-order valence-corrected chi connectivity index (χ1v) is 7.32. The minimum absolute atomic E-state index is 0.308. The monoisotopic (exact) mass is 242 g/mol. The molecule has 0 bridgehead atoms.